The fourth-order valence-electron chi connectivity index (χ4n) is 2.46. The van der Waals surface area contributed by atoms with Gasteiger partial charge >= 0.3 is 12.0 Å². The maximum Gasteiger partial charge on any atom is 0.317 e. The molecule has 2 unspecified atom stereocenters. The second kappa shape index (κ2) is 9.89. The molecule has 0 aromatic heterocycles. The van der Waals surface area contributed by atoms with E-state index in [0.29, 0.717) is 19.7 Å². The predicted octanol–water partition coefficient (Wildman–Crippen LogP) is 1.65. The lowest BCUT2D eigenvalue weighted by Crippen LogP contribution is -2.50. The van der Waals surface area contributed by atoms with Crippen molar-refractivity contribution in [3.8, 4) is 0 Å². The van der Waals surface area contributed by atoms with Crippen molar-refractivity contribution >= 4 is 23.8 Å². The number of likely N-dealkylation sites (N-methyl/N-ethyl adjacent to an activating group) is 1. The summed E-state index contributed by atoms with van der Waals surface area (Å²) in [6.07, 6.45) is 5.29. The number of carbonyl (C=O) groups excluding carboxylic acids is 1. The second-order valence-corrected chi connectivity index (χ2v) is 6.11. The van der Waals surface area contributed by atoms with Crippen molar-refractivity contribution in [3.05, 3.63) is 0 Å². The van der Waals surface area contributed by atoms with Gasteiger partial charge in [0, 0.05) is 13.1 Å². The Bertz CT molecular complexity index is 341. The van der Waals surface area contributed by atoms with Gasteiger partial charge in [0.1, 0.15) is 5.92 Å². The molecule has 0 aromatic rings. The summed E-state index contributed by atoms with van der Waals surface area (Å²) >= 11 is 1.83. The van der Waals surface area contributed by atoms with Gasteiger partial charge in [0.2, 0.25) is 0 Å². The van der Waals surface area contributed by atoms with E-state index in [1.54, 1.807) is 4.90 Å². The molecule has 0 aliphatic carbocycles. The van der Waals surface area contributed by atoms with E-state index in [1.165, 1.54) is 0 Å². The van der Waals surface area contributed by atoms with Gasteiger partial charge in [0.25, 0.3) is 0 Å². The summed E-state index contributed by atoms with van der Waals surface area (Å²) in [5.41, 5.74) is 0. The highest BCUT2D eigenvalue weighted by atomic mass is 32.2. The third-order valence-corrected chi connectivity index (χ3v) is 4.37. The lowest BCUT2D eigenvalue weighted by molar-refractivity contribution is -0.142. The fraction of sp³-hybridized carbons (Fsp3) is 0.857. The number of hydrogen-bond donors (Lipinski definition) is 2. The second-order valence-electron chi connectivity index (χ2n) is 5.12. The highest BCUT2D eigenvalue weighted by molar-refractivity contribution is 7.98. The van der Waals surface area contributed by atoms with Crippen molar-refractivity contribution in [3.63, 3.8) is 0 Å². The number of hydrogen-bond acceptors (Lipinski definition) is 4. The molecule has 2 atom stereocenters. The van der Waals surface area contributed by atoms with Crippen molar-refractivity contribution in [2.45, 2.75) is 32.2 Å². The minimum Gasteiger partial charge on any atom is -0.481 e. The Kier molecular flexibility index (Phi) is 8.52. The molecular weight excluding hydrogens is 292 g/mol. The molecular formula is C14H26N2O4S. The van der Waals surface area contributed by atoms with E-state index in [2.05, 4.69) is 11.6 Å². The average Bonchev–Trinajstić information content (AvgIpc) is 2.93. The van der Waals surface area contributed by atoms with Crippen molar-refractivity contribution in [2.75, 3.05) is 38.3 Å². The molecule has 1 aliphatic rings. The van der Waals surface area contributed by atoms with Crippen LogP contribution in [0.5, 0.6) is 0 Å². The summed E-state index contributed by atoms with van der Waals surface area (Å²) in [5, 5.41) is 12.0. The van der Waals surface area contributed by atoms with E-state index in [9.17, 15) is 9.59 Å². The quantitative estimate of drug-likeness (QED) is 0.632. The monoisotopic (exact) mass is 318 g/mol. The number of aliphatic carboxylic acids is 1. The van der Waals surface area contributed by atoms with E-state index >= 15 is 0 Å². The Morgan fingerprint density at radius 2 is 2.10 bits per heavy atom. The standard InChI is InChI=1S/C14H26N2O4S/c1-3-16(12-10-20-9-11(12)13(17)18)14(19)15-7-5-4-6-8-21-2/h11-12H,3-10H2,1-2H3,(H,15,19)(H,17,18). The number of ether oxygens (including phenoxy) is 1. The van der Waals surface area contributed by atoms with Crippen molar-refractivity contribution < 1.29 is 19.4 Å². The van der Waals surface area contributed by atoms with Gasteiger partial charge < -0.3 is 20.1 Å². The zero-order valence-electron chi connectivity index (χ0n) is 12.8. The normalized spacial score (nSPS) is 21.2. The van der Waals surface area contributed by atoms with Crippen LogP contribution < -0.4 is 5.32 Å². The number of urea groups is 1. The highest BCUT2D eigenvalue weighted by Crippen LogP contribution is 2.20. The van der Waals surface area contributed by atoms with Crippen molar-refractivity contribution in [1.82, 2.24) is 10.2 Å². The fourth-order valence-corrected chi connectivity index (χ4v) is 2.95. The largest absolute Gasteiger partial charge is 0.481 e. The van der Waals surface area contributed by atoms with Gasteiger partial charge in [-0.3, -0.25) is 4.79 Å². The van der Waals surface area contributed by atoms with Crippen molar-refractivity contribution in [1.29, 1.82) is 0 Å². The third-order valence-electron chi connectivity index (χ3n) is 3.67. The minimum absolute atomic E-state index is 0.179. The molecule has 0 spiro atoms. The number of carboxylic acid groups (broad SMARTS) is 1. The van der Waals surface area contributed by atoms with Crippen LogP contribution in [0.15, 0.2) is 0 Å². The molecule has 0 radical (unpaired) electrons. The van der Waals surface area contributed by atoms with Crippen LogP contribution in [0.2, 0.25) is 0 Å². The molecule has 1 fully saturated rings. The number of unbranched alkanes of at least 4 members (excludes halogenated alkanes) is 2. The summed E-state index contributed by atoms with van der Waals surface area (Å²) in [6, 6.07) is -0.562. The Hall–Kier alpha value is -0.950. The molecule has 2 N–H and O–H groups in total. The smallest absolute Gasteiger partial charge is 0.317 e. The van der Waals surface area contributed by atoms with Crippen LogP contribution in [0, 0.1) is 5.92 Å². The summed E-state index contributed by atoms with van der Waals surface area (Å²) in [5.74, 6) is -0.382. The lowest BCUT2D eigenvalue weighted by atomic mass is 10.0. The maximum atomic E-state index is 12.2. The zero-order chi connectivity index (χ0) is 15.7. The number of nitrogens with zero attached hydrogens (tertiary/aromatic N) is 1. The van der Waals surface area contributed by atoms with Crippen LogP contribution in [-0.4, -0.2) is 66.4 Å². The Morgan fingerprint density at radius 1 is 1.33 bits per heavy atom. The van der Waals surface area contributed by atoms with Crippen molar-refractivity contribution in [2.24, 2.45) is 5.92 Å². The SMILES string of the molecule is CCN(C(=O)NCCCCCSC)C1COCC1C(=O)O. The van der Waals surface area contributed by atoms with Crippen LogP contribution in [0.4, 0.5) is 4.79 Å². The van der Waals surface area contributed by atoms with Gasteiger partial charge in [0.15, 0.2) is 0 Å². The van der Waals surface area contributed by atoms with E-state index in [-0.39, 0.29) is 18.7 Å². The lowest BCUT2D eigenvalue weighted by Gasteiger charge is -2.29. The maximum absolute atomic E-state index is 12.2. The Morgan fingerprint density at radius 3 is 2.71 bits per heavy atom. The molecule has 1 heterocycles. The highest BCUT2D eigenvalue weighted by Gasteiger charge is 2.39. The predicted molar refractivity (Wildman–Crippen MR) is 83.7 cm³/mol. The van der Waals surface area contributed by atoms with Gasteiger partial charge in [-0.1, -0.05) is 6.42 Å². The number of carboxylic acids is 1. The van der Waals surface area contributed by atoms with Gasteiger partial charge in [-0.15, -0.1) is 0 Å². The molecule has 6 nitrogen and oxygen atoms in total. The molecule has 122 valence electrons. The van der Waals surface area contributed by atoms with Crippen LogP contribution in [0.25, 0.3) is 0 Å². The van der Waals surface area contributed by atoms with Crippen LogP contribution in [0.1, 0.15) is 26.2 Å². The van der Waals surface area contributed by atoms with Gasteiger partial charge in [-0.05, 0) is 31.8 Å². The molecule has 7 heteroatoms. The summed E-state index contributed by atoms with van der Waals surface area (Å²) in [4.78, 5) is 24.9. The molecule has 1 saturated heterocycles. The minimum atomic E-state index is -0.902. The number of rotatable bonds is 9. The van der Waals surface area contributed by atoms with Crippen LogP contribution in [0.3, 0.4) is 0 Å². The molecule has 0 bridgehead atoms. The van der Waals surface area contributed by atoms with E-state index in [1.807, 2.05) is 18.7 Å². The van der Waals surface area contributed by atoms with E-state index in [0.717, 1.165) is 25.0 Å². The van der Waals surface area contributed by atoms with E-state index < -0.39 is 11.9 Å². The molecule has 1 rings (SSSR count). The number of carbonyl (C=O) groups is 2. The van der Waals surface area contributed by atoms with E-state index in [4.69, 9.17) is 9.84 Å². The summed E-state index contributed by atoms with van der Waals surface area (Å²) in [6.45, 7) is 3.45. The molecule has 1 aliphatic heterocycles. The molecule has 0 saturated carbocycles. The zero-order valence-corrected chi connectivity index (χ0v) is 13.7. The first-order valence-electron chi connectivity index (χ1n) is 7.45. The van der Waals surface area contributed by atoms with Crippen LogP contribution in [-0.2, 0) is 9.53 Å². The molecule has 21 heavy (non-hydrogen) atoms. The Labute approximate surface area is 130 Å². The first-order valence-corrected chi connectivity index (χ1v) is 8.85. The molecule has 2 amide bonds. The summed E-state index contributed by atoms with van der Waals surface area (Å²) in [7, 11) is 0. The topological polar surface area (TPSA) is 78.9 Å². The number of amides is 2. The van der Waals surface area contributed by atoms with Gasteiger partial charge in [-0.2, -0.15) is 11.8 Å². The first kappa shape index (κ1) is 18.1. The summed E-state index contributed by atoms with van der Waals surface area (Å²) < 4.78 is 5.23. The first-order chi connectivity index (χ1) is 10.1. The van der Waals surface area contributed by atoms with Crippen LogP contribution >= 0.6 is 11.8 Å². The Balaban J connectivity index is 2.37. The third kappa shape index (κ3) is 5.74. The number of nitrogens with one attached hydrogen (secondary N) is 1. The van der Waals surface area contributed by atoms with Gasteiger partial charge in [-0.25, -0.2) is 4.79 Å². The average molecular weight is 318 g/mol. The molecule has 0 aromatic carbocycles. The van der Waals surface area contributed by atoms with Gasteiger partial charge in [0.05, 0.1) is 19.3 Å². The number of thioether (sulfide) groups is 1.